The van der Waals surface area contributed by atoms with Crippen molar-refractivity contribution in [2.45, 2.75) is 25.4 Å². The second-order valence-electron chi connectivity index (χ2n) is 5.77. The van der Waals surface area contributed by atoms with Crippen LogP contribution >= 0.6 is 0 Å². The van der Waals surface area contributed by atoms with Gasteiger partial charge < -0.3 is 9.64 Å². The summed E-state index contributed by atoms with van der Waals surface area (Å²) in [5.41, 5.74) is 4.06. The lowest BCUT2D eigenvalue weighted by Gasteiger charge is -2.34. The quantitative estimate of drug-likeness (QED) is 0.832. The Balaban J connectivity index is 1.60. The van der Waals surface area contributed by atoms with Gasteiger partial charge in [-0.05, 0) is 42.0 Å². The third-order valence-corrected chi connectivity index (χ3v) is 4.38. The van der Waals surface area contributed by atoms with Crippen molar-refractivity contribution in [3.8, 4) is 0 Å². The van der Waals surface area contributed by atoms with Crippen molar-refractivity contribution < 1.29 is 4.74 Å². The average Bonchev–Trinajstić information content (AvgIpc) is 2.57. The van der Waals surface area contributed by atoms with E-state index >= 15 is 0 Å². The van der Waals surface area contributed by atoms with Crippen molar-refractivity contribution in [3.63, 3.8) is 0 Å². The molecule has 2 nitrogen and oxygen atoms in total. The zero-order valence-electron chi connectivity index (χ0n) is 12.7. The number of nitrogens with zero attached hydrogens (tertiary/aromatic N) is 1. The largest absolute Gasteiger partial charge is 0.380 e. The molecule has 0 aliphatic carbocycles. The Morgan fingerprint density at radius 2 is 1.62 bits per heavy atom. The average molecular weight is 281 g/mol. The Hall–Kier alpha value is -1.80. The highest BCUT2D eigenvalue weighted by Crippen LogP contribution is 2.30. The number of methoxy groups -OCH3 is 1. The number of ether oxygens (including phenoxy) is 1. The summed E-state index contributed by atoms with van der Waals surface area (Å²) in [6, 6.07) is 19.7. The van der Waals surface area contributed by atoms with Crippen LogP contribution in [0.15, 0.2) is 54.6 Å². The molecule has 1 saturated heterocycles. The van der Waals surface area contributed by atoms with Crippen LogP contribution in [0.25, 0.3) is 0 Å². The molecule has 2 aromatic carbocycles. The molecule has 1 heterocycles. The molecular formula is C19H23NO. The molecule has 0 bridgehead atoms. The van der Waals surface area contributed by atoms with E-state index in [1.807, 2.05) is 0 Å². The summed E-state index contributed by atoms with van der Waals surface area (Å²) in [5.74, 6) is 0.718. The van der Waals surface area contributed by atoms with Gasteiger partial charge in [-0.2, -0.15) is 0 Å². The van der Waals surface area contributed by atoms with Gasteiger partial charge in [0, 0.05) is 25.9 Å². The predicted molar refractivity (Wildman–Crippen MR) is 87.8 cm³/mol. The fourth-order valence-corrected chi connectivity index (χ4v) is 3.17. The maximum atomic E-state index is 5.16. The summed E-state index contributed by atoms with van der Waals surface area (Å²) in [4.78, 5) is 2.50. The first-order valence-corrected chi connectivity index (χ1v) is 7.74. The van der Waals surface area contributed by atoms with Crippen molar-refractivity contribution in [1.29, 1.82) is 0 Å². The zero-order valence-corrected chi connectivity index (χ0v) is 12.7. The van der Waals surface area contributed by atoms with E-state index < -0.39 is 0 Å². The van der Waals surface area contributed by atoms with Gasteiger partial charge >= 0.3 is 0 Å². The Bertz CT molecular complexity index is 542. The molecule has 0 spiro atoms. The van der Waals surface area contributed by atoms with E-state index in [4.69, 9.17) is 4.74 Å². The first kappa shape index (κ1) is 14.2. The van der Waals surface area contributed by atoms with Crippen LogP contribution in [0.1, 0.15) is 29.9 Å². The third-order valence-electron chi connectivity index (χ3n) is 4.38. The van der Waals surface area contributed by atoms with Crippen LogP contribution in [-0.2, 0) is 11.3 Å². The number of hydrogen-bond acceptors (Lipinski definition) is 2. The number of rotatable bonds is 4. The normalized spacial score (nSPS) is 16.1. The molecule has 0 atom stereocenters. The van der Waals surface area contributed by atoms with E-state index in [-0.39, 0.29) is 0 Å². The van der Waals surface area contributed by atoms with Crippen molar-refractivity contribution in [1.82, 2.24) is 0 Å². The summed E-state index contributed by atoms with van der Waals surface area (Å²) in [6.45, 7) is 2.97. The van der Waals surface area contributed by atoms with Crippen LogP contribution in [0.4, 0.5) is 5.69 Å². The molecule has 0 unspecified atom stereocenters. The van der Waals surface area contributed by atoms with Gasteiger partial charge in [-0.25, -0.2) is 0 Å². The predicted octanol–water partition coefficient (Wildman–Crippen LogP) is 4.22. The molecule has 2 heteroatoms. The molecule has 21 heavy (non-hydrogen) atoms. The van der Waals surface area contributed by atoms with Crippen LogP contribution in [0.2, 0.25) is 0 Å². The molecule has 110 valence electrons. The van der Waals surface area contributed by atoms with E-state index in [0.29, 0.717) is 6.61 Å². The van der Waals surface area contributed by atoms with Crippen LogP contribution in [-0.4, -0.2) is 20.2 Å². The number of piperidine rings is 1. The smallest absolute Gasteiger partial charge is 0.0713 e. The Morgan fingerprint density at radius 1 is 0.952 bits per heavy atom. The van der Waals surface area contributed by atoms with Crippen LogP contribution < -0.4 is 4.90 Å². The van der Waals surface area contributed by atoms with Crippen molar-refractivity contribution in [2.75, 3.05) is 25.1 Å². The lowest BCUT2D eigenvalue weighted by molar-refractivity contribution is 0.185. The molecule has 1 aliphatic heterocycles. The standard InChI is InChI=1S/C19H23NO/c1-21-15-16-7-9-19(10-8-16)20-13-11-18(12-14-20)17-5-3-2-4-6-17/h2-10,18H,11-15H2,1H3. The topological polar surface area (TPSA) is 12.5 Å². The van der Waals surface area contributed by atoms with Gasteiger partial charge in [-0.15, -0.1) is 0 Å². The lowest BCUT2D eigenvalue weighted by atomic mass is 9.89. The van der Waals surface area contributed by atoms with Crippen LogP contribution in [0.3, 0.4) is 0 Å². The number of benzene rings is 2. The molecule has 0 saturated carbocycles. The molecular weight excluding hydrogens is 258 g/mol. The Kier molecular flexibility index (Phi) is 4.56. The van der Waals surface area contributed by atoms with Gasteiger partial charge in [0.25, 0.3) is 0 Å². The minimum atomic E-state index is 0.691. The van der Waals surface area contributed by atoms with E-state index in [1.165, 1.54) is 29.7 Å². The fraction of sp³-hybridized carbons (Fsp3) is 0.368. The van der Waals surface area contributed by atoms with Gasteiger partial charge in [-0.1, -0.05) is 42.5 Å². The number of hydrogen-bond donors (Lipinski definition) is 0. The molecule has 0 aromatic heterocycles. The minimum Gasteiger partial charge on any atom is -0.380 e. The molecule has 3 rings (SSSR count). The molecule has 0 radical (unpaired) electrons. The third kappa shape index (κ3) is 3.45. The maximum absolute atomic E-state index is 5.16. The van der Waals surface area contributed by atoms with E-state index in [9.17, 15) is 0 Å². The van der Waals surface area contributed by atoms with Crippen LogP contribution in [0, 0.1) is 0 Å². The van der Waals surface area contributed by atoms with Crippen LogP contribution in [0.5, 0.6) is 0 Å². The van der Waals surface area contributed by atoms with E-state index in [1.54, 1.807) is 7.11 Å². The van der Waals surface area contributed by atoms with Gasteiger partial charge in [0.05, 0.1) is 6.61 Å². The second-order valence-corrected chi connectivity index (χ2v) is 5.77. The summed E-state index contributed by atoms with van der Waals surface area (Å²) in [6.07, 6.45) is 2.48. The van der Waals surface area contributed by atoms with E-state index in [2.05, 4.69) is 59.5 Å². The molecule has 1 fully saturated rings. The summed E-state index contributed by atoms with van der Waals surface area (Å²) in [7, 11) is 1.74. The highest BCUT2D eigenvalue weighted by molar-refractivity contribution is 5.48. The molecule has 0 N–H and O–H groups in total. The summed E-state index contributed by atoms with van der Waals surface area (Å²) >= 11 is 0. The zero-order chi connectivity index (χ0) is 14.5. The SMILES string of the molecule is COCc1ccc(N2CCC(c3ccccc3)CC2)cc1. The maximum Gasteiger partial charge on any atom is 0.0713 e. The van der Waals surface area contributed by atoms with Gasteiger partial charge in [0.15, 0.2) is 0 Å². The monoisotopic (exact) mass is 281 g/mol. The highest BCUT2D eigenvalue weighted by atomic mass is 16.5. The van der Waals surface area contributed by atoms with Gasteiger partial charge in [0.1, 0.15) is 0 Å². The first-order valence-electron chi connectivity index (χ1n) is 7.74. The Labute approximate surface area is 127 Å². The summed E-state index contributed by atoms with van der Waals surface area (Å²) in [5, 5.41) is 0. The Morgan fingerprint density at radius 3 is 2.24 bits per heavy atom. The van der Waals surface area contributed by atoms with E-state index in [0.717, 1.165) is 19.0 Å². The van der Waals surface area contributed by atoms with Gasteiger partial charge in [0.2, 0.25) is 0 Å². The second kappa shape index (κ2) is 6.77. The first-order chi connectivity index (χ1) is 10.4. The van der Waals surface area contributed by atoms with Crippen molar-refractivity contribution >= 4 is 5.69 Å². The molecule has 0 amide bonds. The highest BCUT2D eigenvalue weighted by Gasteiger charge is 2.20. The molecule has 2 aromatic rings. The van der Waals surface area contributed by atoms with Crippen molar-refractivity contribution in [2.24, 2.45) is 0 Å². The lowest BCUT2D eigenvalue weighted by Crippen LogP contribution is -2.32. The fourth-order valence-electron chi connectivity index (χ4n) is 3.17. The van der Waals surface area contributed by atoms with Gasteiger partial charge in [-0.3, -0.25) is 0 Å². The van der Waals surface area contributed by atoms with Crippen molar-refractivity contribution in [3.05, 3.63) is 65.7 Å². The summed E-state index contributed by atoms with van der Waals surface area (Å²) < 4.78 is 5.16. The molecule has 1 aliphatic rings. The minimum absolute atomic E-state index is 0.691. The number of anilines is 1.